The summed E-state index contributed by atoms with van der Waals surface area (Å²) < 4.78 is 26.4. The van der Waals surface area contributed by atoms with Crippen molar-refractivity contribution in [3.05, 3.63) is 52.9 Å². The minimum Gasteiger partial charge on any atom is -0.352 e. The third-order valence-corrected chi connectivity index (χ3v) is 3.04. The zero-order valence-corrected chi connectivity index (χ0v) is 11.0. The third-order valence-electron chi connectivity index (χ3n) is 3.04. The van der Waals surface area contributed by atoms with Crippen molar-refractivity contribution >= 4 is 5.91 Å². The average molecular weight is 279 g/mol. The predicted octanol–water partition coefficient (Wildman–Crippen LogP) is 2.36. The van der Waals surface area contributed by atoms with Gasteiger partial charge in [0.2, 0.25) is 0 Å². The fraction of sp³-hybridized carbons (Fsp3) is 0.286. The maximum absolute atomic E-state index is 13.4. The van der Waals surface area contributed by atoms with E-state index in [2.05, 4.69) is 15.5 Å². The Balaban J connectivity index is 1.84. The van der Waals surface area contributed by atoms with Gasteiger partial charge in [0.1, 0.15) is 0 Å². The average Bonchev–Trinajstić information content (AvgIpc) is 2.83. The number of aromatic nitrogens is 2. The maximum Gasteiger partial charge on any atom is 0.254 e. The van der Waals surface area contributed by atoms with Crippen molar-refractivity contribution < 1.29 is 13.6 Å². The van der Waals surface area contributed by atoms with Crippen LogP contribution in [0.3, 0.4) is 0 Å². The lowest BCUT2D eigenvalue weighted by Crippen LogP contribution is -2.26. The first-order valence-electron chi connectivity index (χ1n) is 6.30. The van der Waals surface area contributed by atoms with Crippen LogP contribution in [0.5, 0.6) is 0 Å². The van der Waals surface area contributed by atoms with E-state index in [1.54, 1.807) is 6.20 Å². The Hall–Kier alpha value is -2.24. The summed E-state index contributed by atoms with van der Waals surface area (Å²) in [6, 6.07) is 3.55. The predicted molar refractivity (Wildman–Crippen MR) is 70.3 cm³/mol. The Kier molecular flexibility index (Phi) is 4.45. The molecule has 6 heteroatoms. The second kappa shape index (κ2) is 6.27. The third kappa shape index (κ3) is 3.20. The molecule has 1 heterocycles. The number of hydrogen-bond acceptors (Lipinski definition) is 2. The fourth-order valence-corrected chi connectivity index (χ4v) is 1.88. The smallest absolute Gasteiger partial charge is 0.254 e. The normalized spacial score (nSPS) is 10.6. The fourth-order valence-electron chi connectivity index (χ4n) is 1.88. The molecule has 0 aliphatic carbocycles. The maximum atomic E-state index is 13.4. The Morgan fingerprint density at radius 2 is 2.20 bits per heavy atom. The second-order valence-corrected chi connectivity index (χ2v) is 4.48. The number of carbonyl (C=O) groups excluding carboxylic acids is 1. The molecule has 2 rings (SSSR count). The van der Waals surface area contributed by atoms with E-state index in [1.165, 1.54) is 12.1 Å². The molecular weight excluding hydrogens is 264 g/mol. The molecule has 4 nitrogen and oxygen atoms in total. The lowest BCUT2D eigenvalue weighted by molar-refractivity contribution is 0.0948. The standard InChI is InChI=1S/C14H15F2N3O/c1-9-10(8-18-19-9)4-3-7-17-14(20)11-5-2-6-12(15)13(11)16/h2,5-6,8H,3-4,7H2,1H3,(H,17,20)(H,18,19). The number of hydrogen-bond donors (Lipinski definition) is 2. The molecule has 0 fully saturated rings. The van der Waals surface area contributed by atoms with E-state index >= 15 is 0 Å². The minimum atomic E-state index is -1.12. The Morgan fingerprint density at radius 1 is 1.40 bits per heavy atom. The first kappa shape index (κ1) is 14.2. The van der Waals surface area contributed by atoms with Crippen LogP contribution in [0.25, 0.3) is 0 Å². The van der Waals surface area contributed by atoms with Crippen molar-refractivity contribution in [2.24, 2.45) is 0 Å². The van der Waals surface area contributed by atoms with E-state index in [-0.39, 0.29) is 5.56 Å². The topological polar surface area (TPSA) is 57.8 Å². The van der Waals surface area contributed by atoms with Gasteiger partial charge in [0.25, 0.3) is 5.91 Å². The van der Waals surface area contributed by atoms with E-state index in [4.69, 9.17) is 0 Å². The molecule has 0 radical (unpaired) electrons. The summed E-state index contributed by atoms with van der Waals surface area (Å²) in [6.45, 7) is 2.31. The summed E-state index contributed by atoms with van der Waals surface area (Å²) in [4.78, 5) is 11.7. The number of aryl methyl sites for hydroxylation is 2. The molecule has 0 saturated carbocycles. The van der Waals surface area contributed by atoms with Crippen LogP contribution in [0.4, 0.5) is 8.78 Å². The largest absolute Gasteiger partial charge is 0.352 e. The van der Waals surface area contributed by atoms with E-state index in [9.17, 15) is 13.6 Å². The van der Waals surface area contributed by atoms with E-state index in [0.29, 0.717) is 13.0 Å². The lowest BCUT2D eigenvalue weighted by Gasteiger charge is -2.06. The molecule has 2 N–H and O–H groups in total. The number of amides is 1. The summed E-state index contributed by atoms with van der Waals surface area (Å²) >= 11 is 0. The number of rotatable bonds is 5. The zero-order chi connectivity index (χ0) is 14.5. The van der Waals surface area contributed by atoms with E-state index in [0.717, 1.165) is 23.7 Å². The molecule has 0 saturated heterocycles. The highest BCUT2D eigenvalue weighted by Gasteiger charge is 2.14. The number of carbonyl (C=O) groups is 1. The van der Waals surface area contributed by atoms with Gasteiger partial charge in [-0.3, -0.25) is 9.89 Å². The molecule has 0 aliphatic rings. The molecule has 20 heavy (non-hydrogen) atoms. The van der Waals surface area contributed by atoms with Crippen molar-refractivity contribution in [2.45, 2.75) is 19.8 Å². The lowest BCUT2D eigenvalue weighted by atomic mass is 10.1. The first-order valence-corrected chi connectivity index (χ1v) is 6.30. The van der Waals surface area contributed by atoms with Gasteiger partial charge in [-0.1, -0.05) is 6.07 Å². The Labute approximate surface area is 115 Å². The monoisotopic (exact) mass is 279 g/mol. The van der Waals surface area contributed by atoms with Gasteiger partial charge in [0.15, 0.2) is 11.6 Å². The summed E-state index contributed by atoms with van der Waals surface area (Å²) in [6.07, 6.45) is 3.20. The van der Waals surface area contributed by atoms with Gasteiger partial charge in [-0.25, -0.2) is 8.78 Å². The highest BCUT2D eigenvalue weighted by Crippen LogP contribution is 2.11. The van der Waals surface area contributed by atoms with Crippen molar-refractivity contribution in [3.63, 3.8) is 0 Å². The van der Waals surface area contributed by atoms with Gasteiger partial charge in [0, 0.05) is 12.2 Å². The van der Waals surface area contributed by atoms with Crippen molar-refractivity contribution in [1.29, 1.82) is 0 Å². The van der Waals surface area contributed by atoms with Crippen LogP contribution < -0.4 is 5.32 Å². The van der Waals surface area contributed by atoms with Crippen LogP contribution in [0.2, 0.25) is 0 Å². The van der Waals surface area contributed by atoms with Gasteiger partial charge in [-0.15, -0.1) is 0 Å². The quantitative estimate of drug-likeness (QED) is 0.825. The zero-order valence-electron chi connectivity index (χ0n) is 11.0. The van der Waals surface area contributed by atoms with Gasteiger partial charge >= 0.3 is 0 Å². The van der Waals surface area contributed by atoms with Crippen molar-refractivity contribution in [1.82, 2.24) is 15.5 Å². The van der Waals surface area contributed by atoms with Crippen LogP contribution >= 0.6 is 0 Å². The summed E-state index contributed by atoms with van der Waals surface area (Å²) in [5.74, 6) is -2.74. The molecule has 2 aromatic rings. The molecule has 0 bridgehead atoms. The first-order chi connectivity index (χ1) is 9.59. The highest BCUT2D eigenvalue weighted by atomic mass is 19.2. The minimum absolute atomic E-state index is 0.274. The number of nitrogens with one attached hydrogen (secondary N) is 2. The number of nitrogens with zero attached hydrogens (tertiary/aromatic N) is 1. The Bertz CT molecular complexity index is 610. The van der Waals surface area contributed by atoms with Gasteiger partial charge in [-0.2, -0.15) is 5.10 Å². The van der Waals surface area contributed by atoms with Crippen LogP contribution in [0, 0.1) is 18.6 Å². The second-order valence-electron chi connectivity index (χ2n) is 4.48. The van der Waals surface area contributed by atoms with Crippen LogP contribution in [0.15, 0.2) is 24.4 Å². The molecule has 1 amide bonds. The molecule has 106 valence electrons. The van der Waals surface area contributed by atoms with Gasteiger partial charge < -0.3 is 5.32 Å². The van der Waals surface area contributed by atoms with Crippen molar-refractivity contribution in [2.75, 3.05) is 6.54 Å². The molecule has 0 aliphatic heterocycles. The van der Waals surface area contributed by atoms with Gasteiger partial charge in [-0.05, 0) is 37.5 Å². The number of benzene rings is 1. The summed E-state index contributed by atoms with van der Waals surface area (Å²) in [5, 5.41) is 9.30. The number of aromatic amines is 1. The van der Waals surface area contributed by atoms with Crippen LogP contribution in [-0.4, -0.2) is 22.6 Å². The van der Waals surface area contributed by atoms with E-state index in [1.807, 2.05) is 6.92 Å². The molecule has 1 aromatic heterocycles. The molecule has 0 spiro atoms. The van der Waals surface area contributed by atoms with Crippen LogP contribution in [-0.2, 0) is 6.42 Å². The van der Waals surface area contributed by atoms with E-state index < -0.39 is 17.5 Å². The Morgan fingerprint density at radius 3 is 2.90 bits per heavy atom. The van der Waals surface area contributed by atoms with Crippen LogP contribution in [0.1, 0.15) is 28.0 Å². The van der Waals surface area contributed by atoms with Crippen molar-refractivity contribution in [3.8, 4) is 0 Å². The molecular formula is C14H15F2N3O. The van der Waals surface area contributed by atoms with Gasteiger partial charge in [0.05, 0.1) is 11.8 Å². The SMILES string of the molecule is Cc1[nH]ncc1CCCNC(=O)c1cccc(F)c1F. The number of H-pyrrole nitrogens is 1. The molecule has 0 atom stereocenters. The number of halogens is 2. The molecule has 0 unspecified atom stereocenters. The molecule has 1 aromatic carbocycles. The summed E-state index contributed by atoms with van der Waals surface area (Å²) in [5.41, 5.74) is 1.80. The summed E-state index contributed by atoms with van der Waals surface area (Å²) in [7, 11) is 0. The highest BCUT2D eigenvalue weighted by molar-refractivity contribution is 5.94.